The molecular weight excluding hydrogens is 690 g/mol. The molecule has 8 atom stereocenters. The lowest BCUT2D eigenvalue weighted by atomic mass is 9.83. The number of benzene rings is 1. The number of likely N-dealkylation sites (N-methyl/N-ethyl adjacent to an activating group) is 1. The van der Waals surface area contributed by atoms with Gasteiger partial charge in [-0.05, 0) is 50.6 Å². The molecule has 3 amide bonds. The molecule has 0 aliphatic carbocycles. The van der Waals surface area contributed by atoms with Crippen molar-refractivity contribution in [3.8, 4) is 5.75 Å². The van der Waals surface area contributed by atoms with Crippen LogP contribution in [0.4, 0.5) is 10.5 Å². The van der Waals surface area contributed by atoms with Gasteiger partial charge in [0.2, 0.25) is 11.8 Å². The molecular formula is C35H48ClN3O10S. The number of allylic oxidation sites excluding steroid dienone is 3. The highest BCUT2D eigenvalue weighted by atomic mass is 35.5. The lowest BCUT2D eigenvalue weighted by molar-refractivity contribution is -0.161. The summed E-state index contributed by atoms with van der Waals surface area (Å²) in [5.41, 5.74) is -0.903. The number of thiol groups is 1. The highest BCUT2D eigenvalue weighted by Gasteiger charge is 2.64. The van der Waals surface area contributed by atoms with Crippen molar-refractivity contribution in [2.45, 2.75) is 95.2 Å². The average Bonchev–Trinajstić information content (AvgIpc) is 3.76. The van der Waals surface area contributed by atoms with E-state index in [2.05, 4.69) is 17.9 Å². The number of amides is 3. The van der Waals surface area contributed by atoms with Gasteiger partial charge in [-0.15, -0.1) is 0 Å². The van der Waals surface area contributed by atoms with Crippen LogP contribution in [0.15, 0.2) is 35.9 Å². The Labute approximate surface area is 303 Å². The van der Waals surface area contributed by atoms with Crippen LogP contribution in [0.5, 0.6) is 5.75 Å². The molecule has 0 aromatic heterocycles. The van der Waals surface area contributed by atoms with E-state index in [9.17, 15) is 24.3 Å². The number of aliphatic hydroxyl groups is 1. The van der Waals surface area contributed by atoms with E-state index in [1.54, 1.807) is 45.2 Å². The SMILES string of the molecule is COc1cc2cc(c1Cl)N(C)C(=O)CC(OC(=O)[C@H](C)N(C)C(=O)CCS)[C@]1(C)OC1[C@H](C)[C@@H]1C[C@@](O)(NC(=O)O1)C(OC)C=CC=C(C)C2. The van der Waals surface area contributed by atoms with Gasteiger partial charge < -0.3 is 38.6 Å². The number of halogens is 1. The first-order valence-corrected chi connectivity index (χ1v) is 17.5. The number of carbonyl (C=O) groups excluding carboxylic acids is 4. The van der Waals surface area contributed by atoms with Crippen molar-refractivity contribution in [3.63, 3.8) is 0 Å². The molecule has 276 valence electrons. The highest BCUT2D eigenvalue weighted by Crippen LogP contribution is 2.49. The molecule has 1 aromatic rings. The smallest absolute Gasteiger partial charge is 0.409 e. The molecule has 1 aromatic carbocycles. The zero-order valence-electron chi connectivity index (χ0n) is 29.7. The number of rotatable bonds is 7. The summed E-state index contributed by atoms with van der Waals surface area (Å²) < 4.78 is 29.0. The predicted molar refractivity (Wildman–Crippen MR) is 189 cm³/mol. The third kappa shape index (κ3) is 8.42. The monoisotopic (exact) mass is 737 g/mol. The van der Waals surface area contributed by atoms with E-state index < -0.39 is 65.7 Å². The molecule has 15 heteroatoms. The van der Waals surface area contributed by atoms with Crippen LogP contribution in [-0.2, 0) is 39.8 Å². The number of esters is 1. The maximum atomic E-state index is 14.0. The van der Waals surface area contributed by atoms with E-state index in [0.717, 1.165) is 11.1 Å². The minimum absolute atomic E-state index is 0.0489. The van der Waals surface area contributed by atoms with Gasteiger partial charge in [0.25, 0.3) is 0 Å². The van der Waals surface area contributed by atoms with Gasteiger partial charge in [0, 0.05) is 40.0 Å². The fourth-order valence-corrected chi connectivity index (χ4v) is 6.99. The van der Waals surface area contributed by atoms with E-state index >= 15 is 0 Å². The fraction of sp³-hybridized carbons (Fsp3) is 0.600. The largest absolute Gasteiger partial charge is 0.495 e. The average molecular weight is 738 g/mol. The number of carbonyl (C=O) groups is 4. The number of epoxide rings is 1. The Kier molecular flexibility index (Phi) is 12.6. The molecule has 3 aliphatic heterocycles. The highest BCUT2D eigenvalue weighted by molar-refractivity contribution is 7.80. The Bertz CT molecular complexity index is 1540. The molecule has 0 saturated carbocycles. The van der Waals surface area contributed by atoms with E-state index in [4.69, 9.17) is 35.3 Å². The summed E-state index contributed by atoms with van der Waals surface area (Å²) in [7, 11) is 5.98. The summed E-state index contributed by atoms with van der Waals surface area (Å²) in [5.74, 6) is -1.30. The Morgan fingerprint density at radius 2 is 1.98 bits per heavy atom. The van der Waals surface area contributed by atoms with Crippen LogP contribution in [0.3, 0.4) is 0 Å². The molecule has 2 saturated heterocycles. The van der Waals surface area contributed by atoms with Crippen molar-refractivity contribution in [2.24, 2.45) is 5.92 Å². The second kappa shape index (κ2) is 15.9. The Morgan fingerprint density at radius 1 is 1.28 bits per heavy atom. The van der Waals surface area contributed by atoms with E-state index in [1.165, 1.54) is 38.0 Å². The molecule has 13 nitrogen and oxygen atoms in total. The van der Waals surface area contributed by atoms with Crippen molar-refractivity contribution < 1.29 is 48.0 Å². The molecule has 0 spiro atoms. The van der Waals surface area contributed by atoms with Gasteiger partial charge in [0.1, 0.15) is 40.7 Å². The molecule has 0 radical (unpaired) electrons. The first-order chi connectivity index (χ1) is 23.5. The van der Waals surface area contributed by atoms with Gasteiger partial charge in [-0.2, -0.15) is 12.6 Å². The van der Waals surface area contributed by atoms with Crippen LogP contribution in [0.2, 0.25) is 5.02 Å². The van der Waals surface area contributed by atoms with E-state index in [0.29, 0.717) is 23.6 Å². The number of hydrogen-bond acceptors (Lipinski definition) is 11. The summed E-state index contributed by atoms with van der Waals surface area (Å²) in [4.78, 5) is 55.6. The molecule has 2 fully saturated rings. The van der Waals surface area contributed by atoms with Gasteiger partial charge in [-0.1, -0.05) is 42.3 Å². The number of fused-ring (bicyclic) bond motifs is 5. The van der Waals surface area contributed by atoms with Crippen LogP contribution in [0.25, 0.3) is 0 Å². The molecule has 50 heavy (non-hydrogen) atoms. The summed E-state index contributed by atoms with van der Waals surface area (Å²) in [6.45, 7) is 6.96. The predicted octanol–water partition coefficient (Wildman–Crippen LogP) is 3.83. The summed E-state index contributed by atoms with van der Waals surface area (Å²) in [6.07, 6.45) is 1.08. The minimum atomic E-state index is -1.82. The molecule has 3 heterocycles. The van der Waals surface area contributed by atoms with E-state index in [1.807, 2.05) is 13.0 Å². The zero-order chi connectivity index (χ0) is 37.1. The third-order valence-electron chi connectivity index (χ3n) is 9.85. The lowest BCUT2D eigenvalue weighted by Gasteiger charge is -2.42. The normalized spacial score (nSPS) is 30.7. The number of alkyl carbamates (subject to hydrolysis) is 1. The number of anilines is 1. The number of hydrogen-bond donors (Lipinski definition) is 3. The summed E-state index contributed by atoms with van der Waals surface area (Å²) >= 11 is 10.8. The van der Waals surface area contributed by atoms with Crippen molar-refractivity contribution >= 4 is 53.8 Å². The third-order valence-corrected chi connectivity index (χ3v) is 10.5. The molecule has 4 bridgehead atoms. The van der Waals surface area contributed by atoms with Gasteiger partial charge in [-0.3, -0.25) is 14.9 Å². The van der Waals surface area contributed by atoms with Gasteiger partial charge in [0.05, 0.1) is 25.3 Å². The maximum Gasteiger partial charge on any atom is 0.409 e. The maximum absolute atomic E-state index is 14.0. The fourth-order valence-electron chi connectivity index (χ4n) is 6.49. The van der Waals surface area contributed by atoms with Crippen molar-refractivity contribution in [2.75, 3.05) is 39.0 Å². The number of ether oxygens (including phenoxy) is 5. The Hall–Kier alpha value is -3.30. The van der Waals surface area contributed by atoms with Crippen molar-refractivity contribution in [1.82, 2.24) is 10.2 Å². The van der Waals surface area contributed by atoms with Gasteiger partial charge in [0.15, 0.2) is 5.72 Å². The number of nitrogens with one attached hydrogen (secondary N) is 1. The number of nitrogens with zero attached hydrogens (tertiary/aromatic N) is 2. The minimum Gasteiger partial charge on any atom is -0.495 e. The zero-order valence-corrected chi connectivity index (χ0v) is 31.4. The first-order valence-electron chi connectivity index (χ1n) is 16.4. The topological polar surface area (TPSA) is 156 Å². The Morgan fingerprint density at radius 3 is 2.62 bits per heavy atom. The first kappa shape index (κ1) is 39.5. The lowest BCUT2D eigenvalue weighted by Crippen LogP contribution is -2.63. The summed E-state index contributed by atoms with van der Waals surface area (Å²) in [6, 6.07) is 2.60. The molecule has 3 aliphatic rings. The standard InChI is InChI=1S/C35H48ClN3O10S/c1-19-10-9-11-26(46-8)35(44)18-25(47-33(43)37-35)20(2)31-34(4,49-31)27(48-32(42)21(3)38(5)28(40)12-13-50)17-29(41)39(6)23-15-22(14-19)16-24(45-7)30(23)36/h9-11,15-16,20-21,25-27,31,44,50H,12-14,17-18H2,1-8H3,(H,37,43)/t20-,21+,25+,26?,27?,31?,34+,35+/m1/s1. The van der Waals surface area contributed by atoms with Crippen LogP contribution in [-0.4, -0.2) is 110 Å². The summed E-state index contributed by atoms with van der Waals surface area (Å²) in [5, 5.41) is 14.4. The van der Waals surface area contributed by atoms with Crippen LogP contribution >= 0.6 is 24.2 Å². The quantitative estimate of drug-likeness (QED) is 0.214. The van der Waals surface area contributed by atoms with Gasteiger partial charge in [-0.25, -0.2) is 9.59 Å². The molecule has 3 unspecified atom stereocenters. The second-order valence-corrected chi connectivity index (χ2v) is 14.2. The van der Waals surface area contributed by atoms with Gasteiger partial charge >= 0.3 is 12.1 Å². The molecule has 2 N–H and O–H groups in total. The Balaban J connectivity index is 1.78. The van der Waals surface area contributed by atoms with Crippen LogP contribution in [0, 0.1) is 5.92 Å². The van der Waals surface area contributed by atoms with E-state index in [-0.39, 0.29) is 30.2 Å². The van der Waals surface area contributed by atoms with Crippen LogP contribution in [0.1, 0.15) is 52.5 Å². The van der Waals surface area contributed by atoms with Crippen molar-refractivity contribution in [1.29, 1.82) is 0 Å². The molecule has 4 rings (SSSR count). The van der Waals surface area contributed by atoms with Crippen molar-refractivity contribution in [3.05, 3.63) is 46.5 Å². The van der Waals surface area contributed by atoms with Crippen LogP contribution < -0.4 is 15.0 Å². The number of methoxy groups -OCH3 is 2. The second-order valence-electron chi connectivity index (χ2n) is 13.4.